The molecule has 1 aliphatic rings. The van der Waals surface area contributed by atoms with Crippen molar-refractivity contribution in [3.8, 4) is 6.07 Å². The molecule has 1 aliphatic heterocycles. The van der Waals surface area contributed by atoms with E-state index < -0.39 is 48.2 Å². The molecule has 0 spiro atoms. The van der Waals surface area contributed by atoms with Crippen LogP contribution >= 0.6 is 0 Å². The van der Waals surface area contributed by atoms with Crippen molar-refractivity contribution >= 4 is 25.9 Å². The highest BCUT2D eigenvalue weighted by Crippen LogP contribution is 2.28. The van der Waals surface area contributed by atoms with E-state index >= 15 is 0 Å². The Morgan fingerprint density at radius 1 is 1.42 bits per heavy atom. The van der Waals surface area contributed by atoms with E-state index in [9.17, 15) is 26.2 Å². The molecular formula is C13H23N3O6S2. The van der Waals surface area contributed by atoms with Crippen LogP contribution in [0.15, 0.2) is 0 Å². The number of nitriles is 1. The lowest BCUT2D eigenvalue weighted by Crippen LogP contribution is -2.57. The lowest BCUT2D eigenvalue weighted by molar-refractivity contribution is -0.889. The molecule has 1 rings (SSSR count). The Balaban J connectivity index is 2.79. The second kappa shape index (κ2) is 6.95. The number of quaternary nitrogens is 1. The van der Waals surface area contributed by atoms with Gasteiger partial charge in [-0.25, -0.2) is 16.8 Å². The molecule has 1 saturated heterocycles. The van der Waals surface area contributed by atoms with Gasteiger partial charge in [-0.3, -0.25) is 4.79 Å². The second-order valence-corrected chi connectivity index (χ2v) is 10.7. The normalized spacial score (nSPS) is 26.7. The van der Waals surface area contributed by atoms with Crippen molar-refractivity contribution < 1.29 is 30.7 Å². The van der Waals surface area contributed by atoms with E-state index in [0.29, 0.717) is 24.0 Å². The van der Waals surface area contributed by atoms with Crippen molar-refractivity contribution in [2.75, 3.05) is 38.7 Å². The van der Waals surface area contributed by atoms with Gasteiger partial charge in [-0.05, 0) is 6.92 Å². The van der Waals surface area contributed by atoms with Gasteiger partial charge < -0.3 is 14.4 Å². The van der Waals surface area contributed by atoms with E-state index in [4.69, 9.17) is 5.26 Å². The third kappa shape index (κ3) is 5.70. The van der Waals surface area contributed by atoms with E-state index in [1.165, 1.54) is 6.92 Å². The van der Waals surface area contributed by atoms with Crippen LogP contribution in [0.25, 0.3) is 0 Å². The van der Waals surface area contributed by atoms with E-state index in [1.807, 2.05) is 20.2 Å². The zero-order chi connectivity index (χ0) is 18.8. The number of sulfone groups is 1. The topological polar surface area (TPSA) is 144 Å². The fourth-order valence-electron chi connectivity index (χ4n) is 2.79. The molecule has 0 saturated carbocycles. The highest BCUT2D eigenvalue weighted by molar-refractivity contribution is 7.94. The molecule has 1 fully saturated rings. The van der Waals surface area contributed by atoms with Crippen molar-refractivity contribution in [2.24, 2.45) is 0 Å². The molecule has 0 aromatic rings. The molecule has 0 aliphatic carbocycles. The van der Waals surface area contributed by atoms with Crippen LogP contribution in [0.4, 0.5) is 0 Å². The molecule has 0 aromatic heterocycles. The van der Waals surface area contributed by atoms with Gasteiger partial charge in [-0.1, -0.05) is 0 Å². The molecule has 138 valence electrons. The van der Waals surface area contributed by atoms with Crippen molar-refractivity contribution in [1.82, 2.24) is 5.32 Å². The van der Waals surface area contributed by atoms with E-state index in [2.05, 4.69) is 5.32 Å². The van der Waals surface area contributed by atoms with E-state index in [0.717, 1.165) is 0 Å². The van der Waals surface area contributed by atoms with Crippen molar-refractivity contribution in [1.29, 1.82) is 5.26 Å². The van der Waals surface area contributed by atoms with Crippen LogP contribution in [-0.4, -0.2) is 81.3 Å². The molecular weight excluding hydrogens is 358 g/mol. The molecule has 9 nitrogen and oxygen atoms in total. The minimum absolute atomic E-state index is 0.0275. The number of nitrogens with one attached hydrogen (secondary N) is 1. The van der Waals surface area contributed by atoms with Gasteiger partial charge in [-0.2, -0.15) is 5.26 Å². The first kappa shape index (κ1) is 20.8. The molecule has 2 atom stereocenters. The summed E-state index contributed by atoms with van der Waals surface area (Å²) in [4.78, 5) is 12.1. The molecule has 1 amide bonds. The van der Waals surface area contributed by atoms with Crippen LogP contribution in [0.5, 0.6) is 0 Å². The summed E-state index contributed by atoms with van der Waals surface area (Å²) in [6.45, 7) is 2.21. The standard InChI is InChI=1S/C13H23N3O6S2/c1-13(10-23(18,19)9-11(13)24(20,21)22)15-12(17)5-8-16(2,3)7-4-6-14/h11H,4-5,7-10H2,1-3H3,(H-,15,17,20,21,22)/t11-,13+/m0/s1. The van der Waals surface area contributed by atoms with Gasteiger partial charge in [-0.15, -0.1) is 0 Å². The number of hydrogen-bond donors (Lipinski definition) is 1. The average Bonchev–Trinajstić information content (AvgIpc) is 2.64. The summed E-state index contributed by atoms with van der Waals surface area (Å²) in [6.07, 6.45) is 0.362. The Hall–Kier alpha value is -1.22. The van der Waals surface area contributed by atoms with Gasteiger partial charge in [0.05, 0.1) is 68.4 Å². The molecule has 0 bridgehead atoms. The van der Waals surface area contributed by atoms with Gasteiger partial charge in [0.1, 0.15) is 10.1 Å². The van der Waals surface area contributed by atoms with Gasteiger partial charge in [0.2, 0.25) is 5.91 Å². The Kier molecular flexibility index (Phi) is 6.03. The summed E-state index contributed by atoms with van der Waals surface area (Å²) in [5.41, 5.74) is -1.62. The Morgan fingerprint density at radius 3 is 2.50 bits per heavy atom. The Bertz CT molecular complexity index is 738. The highest BCUT2D eigenvalue weighted by Gasteiger charge is 2.51. The van der Waals surface area contributed by atoms with Crippen LogP contribution in [0.1, 0.15) is 19.8 Å². The minimum atomic E-state index is -4.87. The van der Waals surface area contributed by atoms with Crippen molar-refractivity contribution in [3.63, 3.8) is 0 Å². The first-order valence-corrected chi connectivity index (χ1v) is 10.7. The largest absolute Gasteiger partial charge is 0.748 e. The molecule has 0 radical (unpaired) electrons. The molecule has 0 aromatic carbocycles. The maximum absolute atomic E-state index is 12.1. The van der Waals surface area contributed by atoms with Crippen LogP contribution < -0.4 is 5.32 Å². The van der Waals surface area contributed by atoms with Gasteiger partial charge in [0.25, 0.3) is 0 Å². The number of carbonyl (C=O) groups is 1. The summed E-state index contributed by atoms with van der Waals surface area (Å²) in [7, 11) is -4.90. The maximum Gasteiger partial charge on any atom is 0.226 e. The lowest BCUT2D eigenvalue weighted by atomic mass is 10.0. The van der Waals surface area contributed by atoms with E-state index in [1.54, 1.807) is 0 Å². The predicted octanol–water partition coefficient (Wildman–Crippen LogP) is -1.42. The summed E-state index contributed by atoms with van der Waals surface area (Å²) in [5.74, 6) is -1.88. The number of hydrogen-bond acceptors (Lipinski definition) is 7. The highest BCUT2D eigenvalue weighted by atomic mass is 32.2. The van der Waals surface area contributed by atoms with Crippen molar-refractivity contribution in [3.05, 3.63) is 0 Å². The number of rotatable bonds is 7. The first-order valence-electron chi connectivity index (χ1n) is 7.36. The molecule has 24 heavy (non-hydrogen) atoms. The first-order chi connectivity index (χ1) is 10.7. The predicted molar refractivity (Wildman–Crippen MR) is 85.4 cm³/mol. The lowest BCUT2D eigenvalue weighted by Gasteiger charge is -2.33. The molecule has 1 N–H and O–H groups in total. The maximum atomic E-state index is 12.1. The average molecular weight is 381 g/mol. The second-order valence-electron chi connectivity index (χ2n) is 7.04. The number of nitrogens with zero attached hydrogens (tertiary/aromatic N) is 2. The zero-order valence-electron chi connectivity index (χ0n) is 14.0. The Morgan fingerprint density at radius 2 is 2.00 bits per heavy atom. The van der Waals surface area contributed by atoms with Crippen molar-refractivity contribution in [2.45, 2.75) is 30.6 Å². The third-order valence-electron chi connectivity index (χ3n) is 4.18. The molecule has 1 heterocycles. The smallest absolute Gasteiger partial charge is 0.226 e. The number of amides is 1. The third-order valence-corrected chi connectivity index (χ3v) is 7.66. The SMILES string of the molecule is C[C@@]1(NC(=O)CC[N+](C)(C)CCC#N)CS(=O)(=O)C[C@@H]1S(=O)(=O)[O-]. The monoisotopic (exact) mass is 381 g/mol. The summed E-state index contributed by atoms with van der Waals surface area (Å²) >= 11 is 0. The van der Waals surface area contributed by atoms with E-state index in [-0.39, 0.29) is 6.42 Å². The van der Waals surface area contributed by atoms with Crippen LogP contribution in [0.3, 0.4) is 0 Å². The quantitative estimate of drug-likeness (QED) is 0.421. The summed E-state index contributed by atoms with van der Waals surface area (Å²) in [5, 5.41) is 9.33. The Labute approximate surface area is 142 Å². The minimum Gasteiger partial charge on any atom is -0.748 e. The van der Waals surface area contributed by atoms with Gasteiger partial charge in [0.15, 0.2) is 9.84 Å². The zero-order valence-corrected chi connectivity index (χ0v) is 15.6. The van der Waals surface area contributed by atoms with Crippen LogP contribution in [-0.2, 0) is 24.7 Å². The fourth-order valence-corrected chi connectivity index (χ4v) is 7.10. The summed E-state index contributed by atoms with van der Waals surface area (Å²) < 4.78 is 57.9. The molecule has 0 unspecified atom stereocenters. The van der Waals surface area contributed by atoms with Crippen LogP contribution in [0.2, 0.25) is 0 Å². The van der Waals surface area contributed by atoms with Crippen LogP contribution in [0, 0.1) is 11.3 Å². The van der Waals surface area contributed by atoms with Gasteiger partial charge >= 0.3 is 0 Å². The summed E-state index contributed by atoms with van der Waals surface area (Å²) in [6, 6.07) is 2.02. The van der Waals surface area contributed by atoms with Gasteiger partial charge in [0, 0.05) is 0 Å². The number of carbonyl (C=O) groups excluding carboxylic acids is 1. The molecule has 11 heteroatoms. The fraction of sp³-hybridized carbons (Fsp3) is 0.846.